The predicted octanol–water partition coefficient (Wildman–Crippen LogP) is 15.1. The van der Waals surface area contributed by atoms with E-state index in [0.29, 0.717) is 17.5 Å². The maximum absolute atomic E-state index is 6.73. The molecule has 0 bridgehead atoms. The van der Waals surface area contributed by atoms with Crippen LogP contribution in [0.2, 0.25) is 0 Å². The zero-order valence-electron chi connectivity index (χ0n) is 33.7. The fourth-order valence-corrected chi connectivity index (χ4v) is 9.45. The number of aromatic nitrogens is 4. The van der Waals surface area contributed by atoms with Crippen molar-refractivity contribution < 1.29 is 8.83 Å². The van der Waals surface area contributed by atoms with Gasteiger partial charge in [-0.2, -0.15) is 0 Å². The van der Waals surface area contributed by atoms with Gasteiger partial charge >= 0.3 is 0 Å². The van der Waals surface area contributed by atoms with Crippen LogP contribution in [-0.4, -0.2) is 19.5 Å². The minimum absolute atomic E-state index is 0.545. The zero-order valence-corrected chi connectivity index (χ0v) is 33.7. The van der Waals surface area contributed by atoms with E-state index in [9.17, 15) is 0 Å². The second-order valence-electron chi connectivity index (χ2n) is 15.9. The van der Waals surface area contributed by atoms with Gasteiger partial charge in [-0.05, 0) is 71.3 Å². The number of furan rings is 2. The van der Waals surface area contributed by atoms with Crippen LogP contribution in [-0.2, 0) is 0 Å². The average Bonchev–Trinajstić information content (AvgIpc) is 4.03. The van der Waals surface area contributed by atoms with Crippen LogP contribution in [0.25, 0.3) is 128 Å². The van der Waals surface area contributed by atoms with Gasteiger partial charge in [-0.25, -0.2) is 15.0 Å². The van der Waals surface area contributed by atoms with Crippen molar-refractivity contribution in [2.75, 3.05) is 0 Å². The molecule has 6 heteroatoms. The van der Waals surface area contributed by atoms with E-state index >= 15 is 0 Å². The number of benzene rings is 9. The van der Waals surface area contributed by atoms with Crippen molar-refractivity contribution in [3.8, 4) is 62.1 Å². The molecule has 0 aliphatic carbocycles. The summed E-state index contributed by atoms with van der Waals surface area (Å²) in [6.07, 6.45) is 0. The Morgan fingerprint density at radius 3 is 1.59 bits per heavy atom. The third kappa shape index (κ3) is 5.62. The average molecular weight is 807 g/mol. The fraction of sp³-hybridized carbons (Fsp3) is 0. The monoisotopic (exact) mass is 806 g/mol. The van der Waals surface area contributed by atoms with Crippen LogP contribution in [0.4, 0.5) is 0 Å². The van der Waals surface area contributed by atoms with Gasteiger partial charge in [0.2, 0.25) is 0 Å². The van der Waals surface area contributed by atoms with Crippen molar-refractivity contribution in [1.82, 2.24) is 19.5 Å². The molecule has 63 heavy (non-hydrogen) atoms. The molecule has 0 atom stereocenters. The number of para-hydroxylation sites is 4. The van der Waals surface area contributed by atoms with E-state index in [1.165, 1.54) is 21.8 Å². The molecule has 294 valence electrons. The maximum atomic E-state index is 6.73. The molecule has 6 nitrogen and oxygen atoms in total. The fourth-order valence-electron chi connectivity index (χ4n) is 9.45. The van der Waals surface area contributed by atoms with Crippen molar-refractivity contribution in [3.63, 3.8) is 0 Å². The molecule has 0 fully saturated rings. The van der Waals surface area contributed by atoms with Crippen LogP contribution >= 0.6 is 0 Å². The van der Waals surface area contributed by atoms with Crippen molar-refractivity contribution >= 4 is 65.7 Å². The van der Waals surface area contributed by atoms with E-state index < -0.39 is 0 Å². The molecule has 13 rings (SSSR count). The number of fused-ring (bicyclic) bond motifs is 9. The molecule has 0 aliphatic rings. The van der Waals surface area contributed by atoms with Crippen LogP contribution in [0.3, 0.4) is 0 Å². The van der Waals surface area contributed by atoms with E-state index in [0.717, 1.165) is 88.5 Å². The topological polar surface area (TPSA) is 69.9 Å². The lowest BCUT2D eigenvalue weighted by Crippen LogP contribution is -2.00. The van der Waals surface area contributed by atoms with Crippen molar-refractivity contribution in [1.29, 1.82) is 0 Å². The molecule has 0 saturated carbocycles. The number of hydrogen-bond acceptors (Lipinski definition) is 5. The van der Waals surface area contributed by atoms with Gasteiger partial charge in [0.25, 0.3) is 0 Å². The van der Waals surface area contributed by atoms with Crippen LogP contribution < -0.4 is 0 Å². The second kappa shape index (κ2) is 14.0. The molecular formula is C57H34N4O2. The first kappa shape index (κ1) is 35.2. The summed E-state index contributed by atoms with van der Waals surface area (Å²) in [6.45, 7) is 0. The summed E-state index contributed by atoms with van der Waals surface area (Å²) in [6, 6.07) is 71.5. The summed E-state index contributed by atoms with van der Waals surface area (Å²) in [5.41, 5.74) is 13.5. The van der Waals surface area contributed by atoms with E-state index in [4.69, 9.17) is 23.8 Å². The van der Waals surface area contributed by atoms with E-state index in [1.807, 2.05) is 48.5 Å². The highest BCUT2D eigenvalue weighted by Crippen LogP contribution is 2.43. The van der Waals surface area contributed by atoms with Crippen LogP contribution in [0, 0.1) is 0 Å². The van der Waals surface area contributed by atoms with Gasteiger partial charge in [0, 0.05) is 54.6 Å². The lowest BCUT2D eigenvalue weighted by Gasteiger charge is -2.14. The third-order valence-corrected chi connectivity index (χ3v) is 12.3. The highest BCUT2D eigenvalue weighted by Gasteiger charge is 2.22. The Kier molecular flexibility index (Phi) is 7.80. The predicted molar refractivity (Wildman–Crippen MR) is 256 cm³/mol. The normalized spacial score (nSPS) is 11.8. The summed E-state index contributed by atoms with van der Waals surface area (Å²) in [5.74, 6) is 1.67. The number of hydrogen-bond donors (Lipinski definition) is 0. The van der Waals surface area contributed by atoms with Gasteiger partial charge in [-0.15, -0.1) is 0 Å². The molecule has 13 aromatic rings. The Morgan fingerprint density at radius 2 is 0.825 bits per heavy atom. The Bertz CT molecular complexity index is 3870. The van der Waals surface area contributed by atoms with Gasteiger partial charge in [-0.1, -0.05) is 152 Å². The van der Waals surface area contributed by atoms with Crippen LogP contribution in [0.5, 0.6) is 0 Å². The molecular weight excluding hydrogens is 773 g/mol. The van der Waals surface area contributed by atoms with Gasteiger partial charge < -0.3 is 13.4 Å². The first-order valence-electron chi connectivity index (χ1n) is 21.1. The largest absolute Gasteiger partial charge is 0.456 e. The molecule has 0 aliphatic heterocycles. The third-order valence-electron chi connectivity index (χ3n) is 12.3. The lowest BCUT2D eigenvalue weighted by molar-refractivity contribution is 0.669. The molecule has 0 radical (unpaired) electrons. The summed E-state index contributed by atoms with van der Waals surface area (Å²) in [4.78, 5) is 15.4. The Balaban J connectivity index is 0.987. The smallest absolute Gasteiger partial charge is 0.164 e. The van der Waals surface area contributed by atoms with Crippen LogP contribution in [0.15, 0.2) is 215 Å². The molecule has 4 aromatic heterocycles. The quantitative estimate of drug-likeness (QED) is 0.167. The molecule has 0 amide bonds. The van der Waals surface area contributed by atoms with E-state index in [-0.39, 0.29) is 0 Å². The Morgan fingerprint density at radius 1 is 0.302 bits per heavy atom. The molecule has 9 aromatic carbocycles. The molecule has 0 saturated heterocycles. The SMILES string of the molecule is c1ccc(-c2nc(-c3ccc4c(c3)oc3cccc(-c5ccccc5-n5c6ccccc6c6ccccc65)c34)nc(-c3cc(-c4ccccc4)c4c(c3)oc3ccccc34)n2)cc1. The summed E-state index contributed by atoms with van der Waals surface area (Å²) < 4.78 is 15.6. The molecule has 4 heterocycles. The number of rotatable bonds is 6. The second-order valence-corrected chi connectivity index (χ2v) is 15.9. The Hall–Kier alpha value is -8.61. The van der Waals surface area contributed by atoms with Crippen LogP contribution in [0.1, 0.15) is 0 Å². The first-order valence-corrected chi connectivity index (χ1v) is 21.1. The molecule has 0 unspecified atom stereocenters. The first-order chi connectivity index (χ1) is 31.2. The van der Waals surface area contributed by atoms with Crippen molar-refractivity contribution in [3.05, 3.63) is 206 Å². The molecule has 0 N–H and O–H groups in total. The van der Waals surface area contributed by atoms with Gasteiger partial charge in [-0.3, -0.25) is 0 Å². The summed E-state index contributed by atoms with van der Waals surface area (Å²) >= 11 is 0. The van der Waals surface area contributed by atoms with E-state index in [2.05, 4.69) is 162 Å². The standard InChI is InChI=1S/C57H34N4O2/c1-3-16-35(17-4-1)45-32-38(34-52-54(45)43-23-10-14-28-49(43)62-52)57-59-55(36-18-5-2-6-19-36)58-56(60-57)37-30-31-44-51(33-37)63-50-29-15-24-42(53(44)50)41-22-9-13-27-48(41)61-46-25-11-7-20-39(46)40-21-8-12-26-47(40)61/h1-34H. The lowest BCUT2D eigenvalue weighted by atomic mass is 9.96. The van der Waals surface area contributed by atoms with Gasteiger partial charge in [0.1, 0.15) is 22.3 Å². The maximum Gasteiger partial charge on any atom is 0.164 e. The minimum atomic E-state index is 0.545. The van der Waals surface area contributed by atoms with E-state index in [1.54, 1.807) is 0 Å². The van der Waals surface area contributed by atoms with Gasteiger partial charge in [0.05, 0.1) is 16.7 Å². The molecule has 0 spiro atoms. The highest BCUT2D eigenvalue weighted by molar-refractivity contribution is 6.16. The summed E-state index contributed by atoms with van der Waals surface area (Å²) in [5, 5.41) is 6.65. The Labute approximate surface area is 361 Å². The number of nitrogens with zero attached hydrogens (tertiary/aromatic N) is 4. The van der Waals surface area contributed by atoms with Crippen molar-refractivity contribution in [2.24, 2.45) is 0 Å². The zero-order chi connectivity index (χ0) is 41.4. The minimum Gasteiger partial charge on any atom is -0.456 e. The summed E-state index contributed by atoms with van der Waals surface area (Å²) in [7, 11) is 0. The van der Waals surface area contributed by atoms with Crippen molar-refractivity contribution in [2.45, 2.75) is 0 Å². The highest BCUT2D eigenvalue weighted by atomic mass is 16.3. The van der Waals surface area contributed by atoms with Gasteiger partial charge in [0.15, 0.2) is 17.5 Å².